The van der Waals surface area contributed by atoms with Crippen molar-refractivity contribution in [3.63, 3.8) is 0 Å². The van der Waals surface area contributed by atoms with E-state index in [0.717, 1.165) is 6.92 Å². The van der Waals surface area contributed by atoms with Gasteiger partial charge in [-0.1, -0.05) is 25.8 Å². The van der Waals surface area contributed by atoms with E-state index in [0.29, 0.717) is 19.3 Å². The van der Waals surface area contributed by atoms with Crippen molar-refractivity contribution < 1.29 is 52.7 Å². The van der Waals surface area contributed by atoms with Gasteiger partial charge < -0.3 is 4.74 Å². The topological polar surface area (TPSA) is 94.6 Å². The van der Waals surface area contributed by atoms with Crippen LogP contribution in [0.3, 0.4) is 0 Å². The van der Waals surface area contributed by atoms with E-state index >= 15 is 0 Å². The van der Waals surface area contributed by atoms with E-state index in [1.807, 2.05) is 0 Å². The van der Waals surface area contributed by atoms with Crippen LogP contribution in [0, 0.1) is 5.92 Å². The summed E-state index contributed by atoms with van der Waals surface area (Å²) >= 11 is 0. The second-order valence-electron chi connectivity index (χ2n) is 6.77. The van der Waals surface area contributed by atoms with E-state index in [4.69, 9.17) is 4.74 Å². The molecule has 1 fully saturated rings. The molecule has 1 aliphatic carbocycles. The van der Waals surface area contributed by atoms with Crippen molar-refractivity contribution in [1.29, 1.82) is 0 Å². The molecule has 0 saturated heterocycles. The number of carbonyl (C=O) groups excluding carboxylic acids is 1. The van der Waals surface area contributed by atoms with Gasteiger partial charge in [-0.25, -0.2) is 21.6 Å². The molecule has 0 aliphatic heterocycles. The Morgan fingerprint density at radius 3 is 1.72 bits per heavy atom. The quantitative estimate of drug-likeness (QED) is 0.318. The normalized spacial score (nSPS) is 18.5. The maximum Gasteiger partial charge on any atom is 0.498 e. The van der Waals surface area contributed by atoms with Crippen LogP contribution in [0.5, 0.6) is 0 Å². The van der Waals surface area contributed by atoms with Gasteiger partial charge >= 0.3 is 17.0 Å². The van der Waals surface area contributed by atoms with E-state index in [9.17, 15) is 48.0 Å². The molecular weight excluding hydrogens is 454 g/mol. The second kappa shape index (κ2) is 8.82. The van der Waals surface area contributed by atoms with Gasteiger partial charge in [0.25, 0.3) is 19.7 Å². The van der Waals surface area contributed by atoms with E-state index in [-0.39, 0.29) is 18.4 Å². The summed E-state index contributed by atoms with van der Waals surface area (Å²) < 4.78 is 126. The summed E-state index contributed by atoms with van der Waals surface area (Å²) in [7, 11) is -13.6. The summed E-state index contributed by atoms with van der Waals surface area (Å²) in [6.07, 6.45) is -1.30. The fraction of sp³-hybridized carbons (Fsp3) is 0.800. The number of ether oxygens (including phenoxy) is 1. The molecule has 0 radical (unpaired) electrons. The number of carbonyl (C=O) groups is 1. The predicted molar refractivity (Wildman–Crippen MR) is 89.6 cm³/mol. The lowest BCUT2D eigenvalue weighted by Crippen LogP contribution is -2.48. The zero-order chi connectivity index (χ0) is 22.8. The number of halogens is 6. The fourth-order valence-corrected chi connectivity index (χ4v) is 6.46. The van der Waals surface area contributed by atoms with Gasteiger partial charge in [0, 0.05) is 12.0 Å². The number of rotatable bonds is 7. The molecule has 0 amide bonds. The van der Waals surface area contributed by atoms with Crippen molar-refractivity contribution in [2.45, 2.75) is 67.2 Å². The van der Waals surface area contributed by atoms with Gasteiger partial charge in [0.05, 0.1) is 0 Å². The Kier molecular flexibility index (Phi) is 7.82. The van der Waals surface area contributed by atoms with Crippen LogP contribution in [0.4, 0.5) is 26.3 Å². The highest BCUT2D eigenvalue weighted by molar-refractivity contribution is 8.09. The van der Waals surface area contributed by atoms with Crippen LogP contribution >= 0.6 is 0 Å². The lowest BCUT2D eigenvalue weighted by Gasteiger charge is -2.32. The Hall–Kier alpha value is -1.31. The minimum Gasteiger partial charge on any atom is -0.459 e. The molecule has 1 rings (SSSR count). The lowest BCUT2D eigenvalue weighted by atomic mass is 9.84. The first kappa shape index (κ1) is 25.7. The Labute approximate surface area is 164 Å². The van der Waals surface area contributed by atoms with Crippen molar-refractivity contribution in [3.8, 4) is 0 Å². The summed E-state index contributed by atoms with van der Waals surface area (Å²) in [6.45, 7) is 4.40. The molecule has 0 heterocycles. The van der Waals surface area contributed by atoms with Crippen molar-refractivity contribution in [3.05, 3.63) is 12.2 Å². The molecule has 1 saturated carbocycles. The first-order chi connectivity index (χ1) is 12.9. The van der Waals surface area contributed by atoms with E-state index < -0.39 is 59.7 Å². The van der Waals surface area contributed by atoms with E-state index in [2.05, 4.69) is 6.58 Å². The molecular formula is C15H20F6O6S2. The predicted octanol–water partition coefficient (Wildman–Crippen LogP) is 3.64. The highest BCUT2D eigenvalue weighted by Crippen LogP contribution is 2.40. The average molecular weight is 474 g/mol. The standard InChI is InChI=1S/C15H20F6O6S2/c1-9(2)13(22)27-11(10-6-4-3-5-7-10)8-12(28(23,24)14(16,17)18)29(25,26)15(19,20)21/h10-12H,1,3-8H2,2H3. The van der Waals surface area contributed by atoms with Gasteiger partial charge in [-0.3, -0.25) is 0 Å². The van der Waals surface area contributed by atoms with Gasteiger partial charge in [-0.2, -0.15) is 26.3 Å². The van der Waals surface area contributed by atoms with Crippen LogP contribution in [0.25, 0.3) is 0 Å². The smallest absolute Gasteiger partial charge is 0.459 e. The summed E-state index contributed by atoms with van der Waals surface area (Å²) in [5, 5.41) is 0. The first-order valence-electron chi connectivity index (χ1n) is 8.39. The number of alkyl halides is 6. The van der Waals surface area contributed by atoms with Gasteiger partial charge in [0.2, 0.25) is 0 Å². The highest BCUT2D eigenvalue weighted by Gasteiger charge is 2.63. The molecule has 1 atom stereocenters. The number of sulfone groups is 2. The first-order valence-corrected chi connectivity index (χ1v) is 11.5. The third kappa shape index (κ3) is 5.86. The zero-order valence-corrected chi connectivity index (χ0v) is 16.8. The molecule has 170 valence electrons. The van der Waals surface area contributed by atoms with Crippen LogP contribution in [-0.4, -0.2) is 44.5 Å². The van der Waals surface area contributed by atoms with Gasteiger partial charge in [0.1, 0.15) is 6.10 Å². The molecule has 0 N–H and O–H groups in total. The highest BCUT2D eigenvalue weighted by atomic mass is 32.3. The minimum absolute atomic E-state index is 0.221. The Morgan fingerprint density at radius 2 is 1.38 bits per heavy atom. The monoisotopic (exact) mass is 474 g/mol. The van der Waals surface area contributed by atoms with Crippen LogP contribution < -0.4 is 0 Å². The number of hydrogen-bond acceptors (Lipinski definition) is 6. The summed E-state index contributed by atoms with van der Waals surface area (Å²) in [5.74, 6) is -1.96. The van der Waals surface area contributed by atoms with Crippen molar-refractivity contribution in [2.75, 3.05) is 0 Å². The molecule has 6 nitrogen and oxygen atoms in total. The Balaban J connectivity index is 3.47. The molecule has 0 spiro atoms. The van der Waals surface area contributed by atoms with Gasteiger partial charge in [-0.05, 0) is 25.7 Å². The Morgan fingerprint density at radius 1 is 0.966 bits per heavy atom. The minimum atomic E-state index is -6.79. The van der Waals surface area contributed by atoms with Crippen LogP contribution in [0.2, 0.25) is 0 Å². The Bertz CT molecular complexity index is 778. The lowest BCUT2D eigenvalue weighted by molar-refractivity contribution is -0.148. The summed E-state index contributed by atoms with van der Waals surface area (Å²) in [4.78, 5) is 11.8. The molecule has 1 unspecified atom stereocenters. The van der Waals surface area contributed by atoms with Crippen molar-refractivity contribution in [2.24, 2.45) is 5.92 Å². The van der Waals surface area contributed by atoms with Crippen LogP contribution in [-0.2, 0) is 29.2 Å². The molecule has 29 heavy (non-hydrogen) atoms. The number of esters is 1. The van der Waals surface area contributed by atoms with E-state index in [1.54, 1.807) is 0 Å². The molecule has 0 bridgehead atoms. The summed E-state index contributed by atoms with van der Waals surface area (Å²) in [5.41, 5.74) is -12.8. The molecule has 14 heteroatoms. The third-order valence-corrected chi connectivity index (χ3v) is 9.12. The van der Waals surface area contributed by atoms with Gasteiger partial charge in [-0.15, -0.1) is 0 Å². The fourth-order valence-electron chi connectivity index (χ4n) is 2.99. The molecule has 0 aromatic carbocycles. The van der Waals surface area contributed by atoms with Gasteiger partial charge in [0.15, 0.2) is 4.58 Å². The largest absolute Gasteiger partial charge is 0.498 e. The van der Waals surface area contributed by atoms with Crippen molar-refractivity contribution in [1.82, 2.24) is 0 Å². The number of hydrogen-bond donors (Lipinski definition) is 0. The SMILES string of the molecule is C=C(C)C(=O)OC(CC(S(=O)(=O)C(F)(F)F)S(=O)(=O)C(F)(F)F)C1CCCCC1. The molecule has 0 aromatic rings. The zero-order valence-electron chi connectivity index (χ0n) is 15.2. The third-order valence-electron chi connectivity index (χ3n) is 4.54. The molecule has 1 aliphatic rings. The summed E-state index contributed by atoms with van der Waals surface area (Å²) in [6, 6.07) is 0. The average Bonchev–Trinajstić information content (AvgIpc) is 2.56. The molecule has 0 aromatic heterocycles. The van der Waals surface area contributed by atoms with Crippen LogP contribution in [0.15, 0.2) is 12.2 Å². The maximum atomic E-state index is 12.9. The van der Waals surface area contributed by atoms with Crippen molar-refractivity contribution >= 4 is 25.6 Å². The second-order valence-corrected chi connectivity index (χ2v) is 11.3. The maximum absolute atomic E-state index is 12.9. The van der Waals surface area contributed by atoms with Crippen LogP contribution in [0.1, 0.15) is 45.4 Å². The van der Waals surface area contributed by atoms with E-state index in [1.165, 1.54) is 0 Å².